The van der Waals surface area contributed by atoms with Crippen LogP contribution in [0.5, 0.6) is 0 Å². The predicted octanol–water partition coefficient (Wildman–Crippen LogP) is -13.5. The fraction of sp³-hybridized carbons (Fsp3) is 0.833. The summed E-state index contributed by atoms with van der Waals surface area (Å²) in [7, 11) is -29.3. The van der Waals surface area contributed by atoms with Crippen LogP contribution in [0, 0.1) is 0 Å². The van der Waals surface area contributed by atoms with Crippen LogP contribution in [0.1, 0.15) is 0 Å². The standard InChI is InChI=1S/C24H36N2O34S5/c27-4-1-5(19(31)32)52-23(13(4)59-64(44,45)46)55-15-7(3-51-63(41,42)43)54-22(9(11(15)29)26-62(38,39)40)57-16-12(30)17(60-65(47,48)49)24(58-18(16)20(33)34)56-14-6-2-50-21(53-6)8(10(14)28)25-61(35,36)37/h1,4,6-18,21-30H,2-3H2,(H,31,32)(H,33,34)(H,35,36,37)(H,38,39,40)(H,41,42,43)(H,44,45,46)(H,47,48,49)/p-7/t4-,6+,7+,8-,9+,10+,11+,12-,13+,14?,15?,16?,17+,18+,21+,22+,23-,24+/m0/s1. The van der Waals surface area contributed by atoms with E-state index in [0.717, 1.165) is 4.72 Å². The van der Waals surface area contributed by atoms with Gasteiger partial charge in [-0.15, -0.1) is 0 Å². The van der Waals surface area contributed by atoms with Gasteiger partial charge in [0, 0.05) is 0 Å². The number of aliphatic hydroxyl groups excluding tert-OH is 4. The Morgan fingerprint density at radius 2 is 1.18 bits per heavy atom. The molecule has 0 spiro atoms. The van der Waals surface area contributed by atoms with E-state index in [0.29, 0.717) is 0 Å². The molecule has 5 heterocycles. The summed E-state index contributed by atoms with van der Waals surface area (Å²) >= 11 is 0. The molecule has 4 saturated heterocycles. The number of rotatable bonds is 19. The molecule has 0 aromatic carbocycles. The summed E-state index contributed by atoms with van der Waals surface area (Å²) in [5.74, 6) is -6.23. The molecule has 0 saturated carbocycles. The molecule has 18 atom stereocenters. The van der Waals surface area contributed by atoms with Crippen LogP contribution in [-0.2, 0) is 112 Å². The first-order valence-electron chi connectivity index (χ1n) is 17.0. The van der Waals surface area contributed by atoms with Crippen LogP contribution in [0.2, 0.25) is 0 Å². The van der Waals surface area contributed by atoms with Gasteiger partial charge in [-0.3, -0.25) is 12.5 Å². The quantitative estimate of drug-likeness (QED) is 0.0517. The average molecular weight is 1050 g/mol. The molecule has 0 radical (unpaired) electrons. The van der Waals surface area contributed by atoms with E-state index in [9.17, 15) is 105 Å². The molecule has 376 valence electrons. The second-order valence-electron chi connectivity index (χ2n) is 13.6. The van der Waals surface area contributed by atoms with Gasteiger partial charge < -0.3 is 101 Å². The summed E-state index contributed by atoms with van der Waals surface area (Å²) in [4.78, 5) is 24.0. The fourth-order valence-corrected chi connectivity index (χ4v) is 9.13. The van der Waals surface area contributed by atoms with E-state index in [2.05, 4.69) is 12.5 Å². The van der Waals surface area contributed by atoms with Crippen molar-refractivity contribution in [3.05, 3.63) is 11.8 Å². The third kappa shape index (κ3) is 14.0. The van der Waals surface area contributed by atoms with Crippen molar-refractivity contribution in [3.8, 4) is 0 Å². The van der Waals surface area contributed by atoms with Gasteiger partial charge >= 0.3 is 0 Å². The molecular weight excluding hydrogens is 1020 g/mol. The molecule has 6 N–H and O–H groups in total. The summed E-state index contributed by atoms with van der Waals surface area (Å²) < 4.78 is 231. The largest absolute Gasteiger partial charge is 0.735 e. The zero-order valence-electron chi connectivity index (χ0n) is 31.0. The Balaban J connectivity index is 1.52. The van der Waals surface area contributed by atoms with Gasteiger partial charge in [0.25, 0.3) is 0 Å². The lowest BCUT2D eigenvalue weighted by Crippen LogP contribution is -2.70. The number of hydrogen-bond donors (Lipinski definition) is 6. The Morgan fingerprint density at radius 3 is 1.72 bits per heavy atom. The van der Waals surface area contributed by atoms with Crippen LogP contribution in [-0.4, -0.2) is 221 Å². The summed E-state index contributed by atoms with van der Waals surface area (Å²) in [5.41, 5.74) is 0. The predicted molar refractivity (Wildman–Crippen MR) is 172 cm³/mol. The van der Waals surface area contributed by atoms with Crippen LogP contribution in [0.3, 0.4) is 0 Å². The molecule has 65 heavy (non-hydrogen) atoms. The van der Waals surface area contributed by atoms with Crippen molar-refractivity contribution in [3.63, 3.8) is 0 Å². The summed E-state index contributed by atoms with van der Waals surface area (Å²) in [6.45, 7) is -2.37. The van der Waals surface area contributed by atoms with Crippen molar-refractivity contribution in [2.24, 2.45) is 0 Å². The van der Waals surface area contributed by atoms with E-state index in [1.165, 1.54) is 4.72 Å². The van der Waals surface area contributed by atoms with Crippen molar-refractivity contribution in [1.29, 1.82) is 0 Å². The number of carbonyl (C=O) groups excluding carboxylic acids is 2. The number of carboxylic acid groups (broad SMARTS) is 2. The molecule has 0 aliphatic carbocycles. The van der Waals surface area contributed by atoms with E-state index in [-0.39, 0.29) is 6.08 Å². The molecule has 0 aromatic heterocycles. The number of ether oxygens (including phenoxy) is 8. The van der Waals surface area contributed by atoms with Gasteiger partial charge in [-0.05, 0) is 6.08 Å². The molecular formula is C24H29N2O34S5-7. The summed E-state index contributed by atoms with van der Waals surface area (Å²) in [6.07, 6.45) is -41.1. The minimum atomic E-state index is -6.11. The molecule has 36 nitrogen and oxygen atoms in total. The van der Waals surface area contributed by atoms with E-state index in [1.54, 1.807) is 0 Å². The van der Waals surface area contributed by atoms with E-state index >= 15 is 0 Å². The number of nitrogens with one attached hydrogen (secondary N) is 2. The normalized spacial score (nSPS) is 39.6. The Hall–Kier alpha value is -2.61. The van der Waals surface area contributed by atoms with Gasteiger partial charge in [0.2, 0.25) is 37.5 Å². The van der Waals surface area contributed by atoms with E-state index in [4.69, 9.17) is 37.9 Å². The Kier molecular flexibility index (Phi) is 16.2. The van der Waals surface area contributed by atoms with Crippen molar-refractivity contribution in [2.45, 2.75) is 110 Å². The maximum absolute atomic E-state index is 12.5. The molecule has 3 unspecified atom stereocenters. The van der Waals surface area contributed by atoms with E-state index < -0.39 is 193 Å². The maximum atomic E-state index is 12.5. The third-order valence-corrected chi connectivity index (χ3v) is 11.6. The highest BCUT2D eigenvalue weighted by atomic mass is 32.3. The molecule has 5 rings (SSSR count). The molecule has 4 fully saturated rings. The molecule has 0 amide bonds. The molecule has 0 aromatic rings. The maximum Gasteiger partial charge on any atom is 0.231 e. The summed E-state index contributed by atoms with van der Waals surface area (Å²) in [6, 6.07) is -4.86. The average Bonchev–Trinajstić information content (AvgIpc) is 3.58. The third-order valence-electron chi connectivity index (χ3n) is 9.16. The minimum Gasteiger partial charge on any atom is -0.735 e. The number of carbonyl (C=O) groups is 2. The summed E-state index contributed by atoms with van der Waals surface area (Å²) in [5, 5.41) is 68.0. The van der Waals surface area contributed by atoms with Crippen molar-refractivity contribution in [1.82, 2.24) is 9.44 Å². The first-order valence-corrected chi connectivity index (χ1v) is 23.8. The first-order chi connectivity index (χ1) is 29.6. The molecule has 41 heteroatoms. The Morgan fingerprint density at radius 1 is 0.646 bits per heavy atom. The highest BCUT2D eigenvalue weighted by Gasteiger charge is 2.58. The highest BCUT2D eigenvalue weighted by Crippen LogP contribution is 2.37. The van der Waals surface area contributed by atoms with Gasteiger partial charge in [0.1, 0.15) is 84.9 Å². The number of carboxylic acids is 2. The SMILES string of the molecule is O=C([O-])C1=C[C@H](O)[C@@H](OS(=O)(=O)[O-])[C@H](OC2[C@@H](COS(=O)(=O)[O-])O[C@H](OC3[C@H](C(=O)[O-])O[C@@H](OC4[C@H]5CO[C@H](O5)[C@@H](NS(=O)(=O)[O-])[C@H]4O)[C@H](OS(=O)(=O)[O-])[C@H]3O)[C@H](NS(=O)(=O)[O-])[C@H]2O)O1. The van der Waals surface area contributed by atoms with Crippen molar-refractivity contribution in [2.75, 3.05) is 13.2 Å². The highest BCUT2D eigenvalue weighted by molar-refractivity contribution is 7.84. The lowest BCUT2D eigenvalue weighted by molar-refractivity contribution is -0.377. The minimum absolute atomic E-state index is 0.191. The zero-order valence-corrected chi connectivity index (χ0v) is 35.0. The number of fused-ring (bicyclic) bond motifs is 2. The molecule has 2 bridgehead atoms. The molecule has 5 aliphatic heterocycles. The zero-order chi connectivity index (χ0) is 48.9. The van der Waals surface area contributed by atoms with Gasteiger partial charge in [-0.25, -0.2) is 51.5 Å². The lowest BCUT2D eigenvalue weighted by Gasteiger charge is -2.50. The van der Waals surface area contributed by atoms with Gasteiger partial charge in [-0.1, -0.05) is 0 Å². The van der Waals surface area contributed by atoms with Crippen LogP contribution >= 0.6 is 0 Å². The Bertz CT molecular complexity index is 2360. The lowest BCUT2D eigenvalue weighted by atomic mass is 9.95. The van der Waals surface area contributed by atoms with Crippen molar-refractivity contribution < 1.29 is 156 Å². The second kappa shape index (κ2) is 19.8. The Labute approximate surface area is 363 Å². The van der Waals surface area contributed by atoms with Gasteiger partial charge in [-0.2, -0.15) is 0 Å². The van der Waals surface area contributed by atoms with Crippen LogP contribution < -0.4 is 19.7 Å². The smallest absolute Gasteiger partial charge is 0.231 e. The topological polar surface area (TPSA) is 573 Å². The molecule has 5 aliphatic rings. The van der Waals surface area contributed by atoms with Crippen LogP contribution in [0.25, 0.3) is 0 Å². The van der Waals surface area contributed by atoms with Gasteiger partial charge in [0.15, 0.2) is 51.7 Å². The number of hydrogen-bond acceptors (Lipinski definition) is 34. The number of aliphatic hydroxyl groups is 4. The first kappa shape index (κ1) is 53.3. The van der Waals surface area contributed by atoms with E-state index in [1.807, 2.05) is 0 Å². The second-order valence-corrected chi connectivity index (χ2v) is 18.9. The van der Waals surface area contributed by atoms with Crippen LogP contribution in [0.15, 0.2) is 11.8 Å². The van der Waals surface area contributed by atoms with Crippen LogP contribution in [0.4, 0.5) is 0 Å². The van der Waals surface area contributed by atoms with Crippen molar-refractivity contribution >= 4 is 63.7 Å². The van der Waals surface area contributed by atoms with Gasteiger partial charge in [0.05, 0.1) is 19.2 Å². The number of aliphatic carboxylic acids is 2. The monoisotopic (exact) mass is 1050 g/mol. The fourth-order valence-electron chi connectivity index (χ4n) is 6.71.